The summed E-state index contributed by atoms with van der Waals surface area (Å²) in [5.74, 6) is -0.362. The van der Waals surface area contributed by atoms with Gasteiger partial charge in [-0.25, -0.2) is 8.42 Å². The van der Waals surface area contributed by atoms with Crippen molar-refractivity contribution in [2.75, 3.05) is 32.7 Å². The van der Waals surface area contributed by atoms with Crippen LogP contribution in [0.5, 0.6) is 0 Å². The van der Waals surface area contributed by atoms with E-state index in [0.717, 1.165) is 27.8 Å². The van der Waals surface area contributed by atoms with Crippen LogP contribution in [0.2, 0.25) is 0 Å². The van der Waals surface area contributed by atoms with Gasteiger partial charge in [-0.1, -0.05) is 6.92 Å². The van der Waals surface area contributed by atoms with E-state index in [4.69, 9.17) is 0 Å². The summed E-state index contributed by atoms with van der Waals surface area (Å²) < 4.78 is 28.1. The quantitative estimate of drug-likeness (QED) is 0.800. The topological polar surface area (TPSA) is 86.8 Å². The van der Waals surface area contributed by atoms with E-state index in [1.165, 1.54) is 4.31 Å². The first-order valence-corrected chi connectivity index (χ1v) is 11.1. The molecule has 1 aromatic carbocycles. The fourth-order valence-electron chi connectivity index (χ4n) is 3.57. The number of carbonyl (C=O) groups excluding carboxylic acids is 2. The van der Waals surface area contributed by atoms with Crippen LogP contribution in [0.15, 0.2) is 4.90 Å². The molecule has 1 saturated heterocycles. The monoisotopic (exact) mass is 409 g/mol. The maximum absolute atomic E-state index is 13.3. The zero-order valence-electron chi connectivity index (χ0n) is 17.7. The number of nitrogens with zero attached hydrogens (tertiary/aromatic N) is 2. The normalized spacial score (nSPS) is 15.6. The molecule has 0 spiro atoms. The van der Waals surface area contributed by atoms with E-state index in [2.05, 4.69) is 5.32 Å². The molecule has 28 heavy (non-hydrogen) atoms. The molecule has 0 radical (unpaired) electrons. The second-order valence-corrected chi connectivity index (χ2v) is 9.24. The zero-order chi connectivity index (χ0) is 21.2. The van der Waals surface area contributed by atoms with Crippen molar-refractivity contribution in [3.63, 3.8) is 0 Å². The first-order valence-electron chi connectivity index (χ1n) is 9.63. The number of carbonyl (C=O) groups is 2. The third kappa shape index (κ3) is 4.22. The molecule has 2 amide bonds. The summed E-state index contributed by atoms with van der Waals surface area (Å²) in [5, 5.41) is 2.57. The molecule has 2 rings (SSSR count). The summed E-state index contributed by atoms with van der Waals surface area (Å²) in [6, 6.07) is 0. The zero-order valence-corrected chi connectivity index (χ0v) is 18.5. The van der Waals surface area contributed by atoms with Crippen LogP contribution in [-0.2, 0) is 19.6 Å². The summed E-state index contributed by atoms with van der Waals surface area (Å²) in [5.41, 5.74) is 4.71. The lowest BCUT2D eigenvalue weighted by molar-refractivity contribution is -0.133. The van der Waals surface area contributed by atoms with Crippen LogP contribution < -0.4 is 5.32 Å². The highest BCUT2D eigenvalue weighted by Crippen LogP contribution is 2.31. The first kappa shape index (κ1) is 22.4. The molecule has 0 bridgehead atoms. The van der Waals surface area contributed by atoms with Crippen molar-refractivity contribution in [2.24, 2.45) is 0 Å². The highest BCUT2D eigenvalue weighted by molar-refractivity contribution is 7.89. The second kappa shape index (κ2) is 8.61. The Bertz CT molecular complexity index is 856. The molecule has 8 heteroatoms. The number of hydrogen-bond donors (Lipinski definition) is 1. The smallest absolute Gasteiger partial charge is 0.243 e. The molecule has 1 fully saturated rings. The van der Waals surface area contributed by atoms with Gasteiger partial charge in [0.05, 0.1) is 11.4 Å². The molecular weight excluding hydrogens is 378 g/mol. The van der Waals surface area contributed by atoms with Gasteiger partial charge in [0.2, 0.25) is 21.8 Å². The molecule has 1 aliphatic heterocycles. The lowest BCUT2D eigenvalue weighted by Gasteiger charge is -2.35. The lowest BCUT2D eigenvalue weighted by atomic mass is 9.95. The summed E-state index contributed by atoms with van der Waals surface area (Å²) >= 11 is 0. The minimum atomic E-state index is -3.64. The number of rotatable bonds is 5. The van der Waals surface area contributed by atoms with Crippen molar-refractivity contribution in [1.82, 2.24) is 14.5 Å². The highest BCUT2D eigenvalue weighted by Gasteiger charge is 2.33. The fourth-order valence-corrected chi connectivity index (χ4v) is 5.55. The number of sulfonamides is 1. The Morgan fingerprint density at radius 3 is 1.79 bits per heavy atom. The van der Waals surface area contributed by atoms with E-state index in [0.29, 0.717) is 24.4 Å². The Balaban J connectivity index is 2.16. The molecule has 0 atom stereocenters. The second-order valence-electron chi connectivity index (χ2n) is 7.37. The third-order valence-corrected chi connectivity index (χ3v) is 8.05. The predicted molar refractivity (Wildman–Crippen MR) is 109 cm³/mol. The minimum absolute atomic E-state index is 0.0476. The molecule has 0 unspecified atom stereocenters. The van der Waals surface area contributed by atoms with Crippen molar-refractivity contribution in [1.29, 1.82) is 0 Å². The molecule has 0 aliphatic carbocycles. The maximum atomic E-state index is 13.3. The number of amides is 2. The van der Waals surface area contributed by atoms with Gasteiger partial charge in [0.1, 0.15) is 0 Å². The minimum Gasteiger partial charge on any atom is -0.347 e. The molecule has 1 N–H and O–H groups in total. The van der Waals surface area contributed by atoms with Gasteiger partial charge in [0.25, 0.3) is 0 Å². The highest BCUT2D eigenvalue weighted by atomic mass is 32.2. The van der Waals surface area contributed by atoms with Gasteiger partial charge in [0, 0.05) is 32.6 Å². The fraction of sp³-hybridized carbons (Fsp3) is 0.600. The first-order chi connectivity index (χ1) is 13.0. The van der Waals surface area contributed by atoms with Gasteiger partial charge >= 0.3 is 0 Å². The Hall–Kier alpha value is -1.93. The van der Waals surface area contributed by atoms with E-state index in [1.807, 2.05) is 34.6 Å². The van der Waals surface area contributed by atoms with E-state index < -0.39 is 10.0 Å². The van der Waals surface area contributed by atoms with Crippen LogP contribution >= 0.6 is 0 Å². The Morgan fingerprint density at radius 1 is 0.857 bits per heavy atom. The number of piperazine rings is 1. The van der Waals surface area contributed by atoms with Crippen molar-refractivity contribution in [3.05, 3.63) is 27.8 Å². The number of benzene rings is 1. The molecular formula is C20H31N3O4S. The van der Waals surface area contributed by atoms with Crippen LogP contribution in [-0.4, -0.2) is 62.2 Å². The van der Waals surface area contributed by atoms with Crippen molar-refractivity contribution >= 4 is 21.8 Å². The number of nitrogens with one attached hydrogen (secondary N) is 1. The average Bonchev–Trinajstić information content (AvgIpc) is 2.68. The van der Waals surface area contributed by atoms with Gasteiger partial charge in [0.15, 0.2) is 0 Å². The van der Waals surface area contributed by atoms with Crippen molar-refractivity contribution in [2.45, 2.75) is 52.9 Å². The third-order valence-electron chi connectivity index (χ3n) is 5.88. The molecule has 1 aromatic rings. The largest absolute Gasteiger partial charge is 0.347 e. The van der Waals surface area contributed by atoms with Gasteiger partial charge in [-0.2, -0.15) is 4.31 Å². The molecule has 7 nitrogen and oxygen atoms in total. The molecule has 1 aliphatic rings. The summed E-state index contributed by atoms with van der Waals surface area (Å²) in [7, 11) is -3.64. The molecule has 156 valence electrons. The van der Waals surface area contributed by atoms with Crippen molar-refractivity contribution in [3.8, 4) is 0 Å². The Labute approximate surface area is 168 Å². The van der Waals surface area contributed by atoms with E-state index in [1.54, 1.807) is 11.8 Å². The van der Waals surface area contributed by atoms with E-state index in [9.17, 15) is 18.0 Å². The maximum Gasteiger partial charge on any atom is 0.243 e. The van der Waals surface area contributed by atoms with Gasteiger partial charge in [-0.3, -0.25) is 9.59 Å². The van der Waals surface area contributed by atoms with E-state index >= 15 is 0 Å². The summed E-state index contributed by atoms with van der Waals surface area (Å²) in [4.78, 5) is 25.5. The van der Waals surface area contributed by atoms with E-state index in [-0.39, 0.29) is 31.4 Å². The SMILES string of the molecule is CCC(=O)NCC(=O)N1CCN(S(=O)(=O)c2c(C)c(C)c(C)c(C)c2C)CC1. The van der Waals surface area contributed by atoms with Crippen LogP contribution in [0.3, 0.4) is 0 Å². The standard InChI is InChI=1S/C20H31N3O4S/c1-7-18(24)21-12-19(25)22-8-10-23(11-9-22)28(26,27)20-16(5)14(3)13(2)15(4)17(20)6/h7-12H2,1-6H3,(H,21,24). The summed E-state index contributed by atoms with van der Waals surface area (Å²) in [6.07, 6.45) is 0.327. The lowest BCUT2D eigenvalue weighted by Crippen LogP contribution is -2.52. The van der Waals surface area contributed by atoms with Gasteiger partial charge in [-0.05, 0) is 62.4 Å². The van der Waals surface area contributed by atoms with Crippen LogP contribution in [0.4, 0.5) is 0 Å². The van der Waals surface area contributed by atoms with Gasteiger partial charge in [-0.15, -0.1) is 0 Å². The summed E-state index contributed by atoms with van der Waals surface area (Å²) in [6.45, 7) is 12.5. The number of hydrogen-bond acceptors (Lipinski definition) is 4. The molecule has 1 heterocycles. The molecule has 0 saturated carbocycles. The average molecular weight is 410 g/mol. The van der Waals surface area contributed by atoms with Gasteiger partial charge < -0.3 is 10.2 Å². The Morgan fingerprint density at radius 2 is 1.32 bits per heavy atom. The molecule has 0 aromatic heterocycles. The van der Waals surface area contributed by atoms with Crippen LogP contribution in [0.25, 0.3) is 0 Å². The predicted octanol–water partition coefficient (Wildman–Crippen LogP) is 1.59. The van der Waals surface area contributed by atoms with Crippen LogP contribution in [0.1, 0.15) is 41.2 Å². The van der Waals surface area contributed by atoms with Crippen LogP contribution in [0, 0.1) is 34.6 Å². The van der Waals surface area contributed by atoms with Crippen molar-refractivity contribution < 1.29 is 18.0 Å². The Kier molecular flexibility index (Phi) is 6.88.